The van der Waals surface area contributed by atoms with Crippen LogP contribution >= 0.6 is 0 Å². The summed E-state index contributed by atoms with van der Waals surface area (Å²) in [5, 5.41) is 21.6. The Bertz CT molecular complexity index is 663. The Balaban J connectivity index is 6.34. The normalized spacial score (nSPS) is 19.0. The molecule has 5 radical (unpaired) electrons. The third-order valence-electron chi connectivity index (χ3n) is 7.97. The van der Waals surface area contributed by atoms with E-state index in [0.717, 1.165) is 32.1 Å². The van der Waals surface area contributed by atoms with Crippen molar-refractivity contribution in [3.05, 3.63) is 0 Å². The van der Waals surface area contributed by atoms with Gasteiger partial charge in [-0.2, -0.15) is 0 Å². The van der Waals surface area contributed by atoms with Crippen LogP contribution in [0.25, 0.3) is 0 Å². The first-order valence-electron chi connectivity index (χ1n) is 13.5. The number of Topliss-reactive ketones (excluding diaryl/α,β-unsaturated/α-hetero) is 2. The molecular weight excluding hydrogens is 437 g/mol. The molecule has 0 heterocycles. The third-order valence-corrected chi connectivity index (χ3v) is 7.97. The Hall–Kier alpha value is -0.625. The van der Waals surface area contributed by atoms with Gasteiger partial charge < -0.3 is 19.8 Å². The maximum Gasteiger partial charge on any atom is 0.183 e. The maximum atomic E-state index is 14.0. The highest BCUT2D eigenvalue weighted by Crippen LogP contribution is 2.44. The summed E-state index contributed by atoms with van der Waals surface area (Å²) < 4.78 is 0. The van der Waals surface area contributed by atoms with Crippen molar-refractivity contribution in [2.24, 2.45) is 5.41 Å². The maximum absolute atomic E-state index is 14.0. The van der Waals surface area contributed by atoms with Crippen molar-refractivity contribution in [1.29, 1.82) is 0 Å². The van der Waals surface area contributed by atoms with Crippen LogP contribution in [-0.4, -0.2) is 84.4 Å². The van der Waals surface area contributed by atoms with Gasteiger partial charge in [0.15, 0.2) is 26.9 Å². The summed E-state index contributed by atoms with van der Waals surface area (Å²) in [6, 6.07) is 0. The minimum absolute atomic E-state index is 0.0548. The number of aliphatic hydroxyl groups is 2. The molecule has 0 aromatic heterocycles. The van der Waals surface area contributed by atoms with Gasteiger partial charge in [-0.25, -0.2) is 0 Å². The lowest BCUT2D eigenvalue weighted by molar-refractivity contribution is -0.145. The number of rotatable bonds is 20. The number of carbonyl (C=O) groups excluding carboxylic acids is 2. The fourth-order valence-corrected chi connectivity index (χ4v) is 4.95. The first-order chi connectivity index (χ1) is 16.1. The molecule has 0 aliphatic rings. The number of ketones is 2. The second kappa shape index (κ2) is 14.9. The number of hydrogen-bond donors (Lipinski definition) is 2. The molecule has 4 atom stereocenters. The van der Waals surface area contributed by atoms with Crippen molar-refractivity contribution in [1.82, 2.24) is 9.62 Å². The number of unbranched alkanes of at least 4 members (excludes halogenated alkanes) is 2. The van der Waals surface area contributed by atoms with Crippen molar-refractivity contribution >= 4 is 34.6 Å². The van der Waals surface area contributed by atoms with E-state index in [1.54, 1.807) is 6.92 Å². The summed E-state index contributed by atoms with van der Waals surface area (Å²) in [4.78, 5) is 30.0. The topological polar surface area (TPSA) is 81.1 Å². The molecule has 2 N–H and O–H groups in total. The van der Waals surface area contributed by atoms with E-state index >= 15 is 0 Å². The van der Waals surface area contributed by atoms with E-state index in [0.29, 0.717) is 32.1 Å². The minimum atomic E-state index is -1.47. The van der Waals surface area contributed by atoms with Gasteiger partial charge in [0.05, 0.1) is 0 Å². The van der Waals surface area contributed by atoms with Crippen LogP contribution in [0.1, 0.15) is 120 Å². The average Bonchev–Trinajstić information content (AvgIpc) is 2.78. The molecule has 197 valence electrons. The number of nitrogens with zero attached hydrogens (tertiary/aromatic N) is 2. The van der Waals surface area contributed by atoms with Crippen LogP contribution in [0.2, 0.25) is 0 Å². The van der Waals surface area contributed by atoms with Crippen LogP contribution in [0.3, 0.4) is 0 Å². The van der Waals surface area contributed by atoms with Crippen LogP contribution in [0, 0.1) is 5.41 Å². The first kappa shape index (κ1) is 34.4. The van der Waals surface area contributed by atoms with Gasteiger partial charge in [0, 0.05) is 31.8 Å². The molecule has 0 saturated heterocycles. The van der Waals surface area contributed by atoms with E-state index in [1.165, 1.54) is 23.9 Å². The predicted octanol–water partition coefficient (Wildman–Crippen LogP) is 3.72. The Morgan fingerprint density at radius 3 is 1.74 bits per heavy atom. The Labute approximate surface area is 219 Å². The van der Waals surface area contributed by atoms with Crippen molar-refractivity contribution in [3.63, 3.8) is 0 Å². The standard InChI is InChI=1S/C26H50B3N2O4/c1-9-13-17-23(5,21(32)20-31(29-27)26(8,35)16-12-4)25(7,18-14-10-2)30(28)19-22(33)24(6,34)15-11-3/h34-35H,9-20H2,1-8H3. The van der Waals surface area contributed by atoms with Gasteiger partial charge in [0.25, 0.3) is 0 Å². The summed E-state index contributed by atoms with van der Waals surface area (Å²) in [6.07, 6.45) is 6.91. The lowest BCUT2D eigenvalue weighted by atomic mass is 9.60. The molecule has 35 heavy (non-hydrogen) atoms. The van der Waals surface area contributed by atoms with Crippen LogP contribution in [0.4, 0.5) is 0 Å². The second-order valence-corrected chi connectivity index (χ2v) is 11.1. The first-order valence-corrected chi connectivity index (χ1v) is 13.5. The van der Waals surface area contributed by atoms with Crippen LogP contribution in [-0.2, 0) is 9.59 Å². The molecule has 0 bridgehead atoms. The van der Waals surface area contributed by atoms with E-state index in [4.69, 9.17) is 15.7 Å². The van der Waals surface area contributed by atoms with Gasteiger partial charge in [-0.15, -0.1) is 0 Å². The van der Waals surface area contributed by atoms with Crippen LogP contribution in [0.15, 0.2) is 0 Å². The monoisotopic (exact) mass is 487 g/mol. The molecule has 0 aromatic rings. The van der Waals surface area contributed by atoms with Gasteiger partial charge >= 0.3 is 0 Å². The molecule has 0 aliphatic carbocycles. The van der Waals surface area contributed by atoms with Crippen molar-refractivity contribution in [2.75, 3.05) is 13.1 Å². The molecule has 0 spiro atoms. The molecule has 0 fully saturated rings. The molecule has 0 saturated carbocycles. The fourth-order valence-electron chi connectivity index (χ4n) is 4.95. The van der Waals surface area contributed by atoms with Gasteiger partial charge in [-0.1, -0.05) is 73.1 Å². The number of carbonyl (C=O) groups is 2. The van der Waals surface area contributed by atoms with Crippen molar-refractivity contribution < 1.29 is 19.8 Å². The van der Waals surface area contributed by atoms with Crippen molar-refractivity contribution in [3.8, 4) is 0 Å². The van der Waals surface area contributed by atoms with E-state index in [1.807, 2.05) is 27.7 Å². The fraction of sp³-hybridized carbons (Fsp3) is 0.923. The van der Waals surface area contributed by atoms with Crippen LogP contribution in [0.5, 0.6) is 0 Å². The van der Waals surface area contributed by atoms with Crippen molar-refractivity contribution in [2.45, 2.75) is 136 Å². The van der Waals surface area contributed by atoms with Gasteiger partial charge in [0.2, 0.25) is 0 Å². The summed E-state index contributed by atoms with van der Waals surface area (Å²) in [6.45, 7) is 14.9. The smallest absolute Gasteiger partial charge is 0.183 e. The molecule has 6 nitrogen and oxygen atoms in total. The summed E-state index contributed by atoms with van der Waals surface area (Å²) in [5.74, 6) is -0.427. The van der Waals surface area contributed by atoms with E-state index in [9.17, 15) is 19.8 Å². The zero-order valence-corrected chi connectivity index (χ0v) is 23.8. The number of hydrogen-bond acceptors (Lipinski definition) is 6. The van der Waals surface area contributed by atoms with Gasteiger partial charge in [-0.05, 0) is 46.5 Å². The SMILES string of the molecule is [B][B]N(CC(=O)C(C)(CCCC)C(C)(CCCC)N([B])CC(=O)C(C)(O)CCC)C(C)(O)CCC. The minimum Gasteiger partial charge on any atom is -0.382 e. The summed E-state index contributed by atoms with van der Waals surface area (Å²) >= 11 is 0. The molecule has 0 aliphatic heterocycles. The van der Waals surface area contributed by atoms with E-state index in [-0.39, 0.29) is 24.7 Å². The van der Waals surface area contributed by atoms with Gasteiger partial charge in [0.1, 0.15) is 11.3 Å². The Morgan fingerprint density at radius 2 is 1.29 bits per heavy atom. The highest BCUT2D eigenvalue weighted by atomic mass is 16.3. The zero-order valence-electron chi connectivity index (χ0n) is 23.8. The van der Waals surface area contributed by atoms with Gasteiger partial charge in [-0.3, -0.25) is 9.59 Å². The Kier molecular flexibility index (Phi) is 14.7. The quantitative estimate of drug-likeness (QED) is 0.201. The summed E-state index contributed by atoms with van der Waals surface area (Å²) in [7, 11) is 13.8. The van der Waals surface area contributed by atoms with E-state index < -0.39 is 22.3 Å². The molecule has 0 amide bonds. The average molecular weight is 487 g/mol. The largest absolute Gasteiger partial charge is 0.382 e. The second-order valence-electron chi connectivity index (χ2n) is 11.1. The Morgan fingerprint density at radius 1 is 0.771 bits per heavy atom. The highest BCUT2D eigenvalue weighted by Gasteiger charge is 2.51. The predicted molar refractivity (Wildman–Crippen MR) is 147 cm³/mol. The van der Waals surface area contributed by atoms with E-state index in [2.05, 4.69) is 13.8 Å². The lowest BCUT2D eigenvalue weighted by Crippen LogP contribution is -2.63. The zero-order chi connectivity index (χ0) is 27.5. The van der Waals surface area contributed by atoms with Crippen LogP contribution < -0.4 is 0 Å². The third kappa shape index (κ3) is 9.01. The highest BCUT2D eigenvalue weighted by molar-refractivity contribution is 6.87. The molecule has 0 aromatic carbocycles. The molecule has 4 unspecified atom stereocenters. The lowest BCUT2D eigenvalue weighted by Gasteiger charge is -2.53. The molecular formula is C26H50B3N2O4. The molecule has 9 heteroatoms. The summed E-state index contributed by atoms with van der Waals surface area (Å²) in [5.41, 5.74) is -4.47. The molecule has 0 rings (SSSR count).